The zero-order chi connectivity index (χ0) is 28.3. The average Bonchev–Trinajstić information content (AvgIpc) is 3.57. The summed E-state index contributed by atoms with van der Waals surface area (Å²) in [5.74, 6) is -0.183. The number of nitrogens with one attached hydrogen (secondary N) is 2. The van der Waals surface area contributed by atoms with E-state index in [1.54, 1.807) is 24.3 Å². The highest BCUT2D eigenvalue weighted by molar-refractivity contribution is 6.00. The van der Waals surface area contributed by atoms with Gasteiger partial charge in [-0.05, 0) is 54.1 Å². The van der Waals surface area contributed by atoms with Crippen molar-refractivity contribution in [3.63, 3.8) is 0 Å². The highest BCUT2D eigenvalue weighted by atomic mass is 19.4. The van der Waals surface area contributed by atoms with Gasteiger partial charge in [-0.3, -0.25) is 14.4 Å². The molecule has 9 nitrogen and oxygen atoms in total. The van der Waals surface area contributed by atoms with Gasteiger partial charge in [0.05, 0.1) is 17.2 Å². The summed E-state index contributed by atoms with van der Waals surface area (Å²) in [5.41, 5.74) is 0.0727. The van der Waals surface area contributed by atoms with Crippen LogP contribution in [0.15, 0.2) is 66.7 Å². The van der Waals surface area contributed by atoms with E-state index in [1.807, 2.05) is 6.07 Å². The van der Waals surface area contributed by atoms with Crippen LogP contribution < -0.4 is 29.7 Å². The zero-order valence-electron chi connectivity index (χ0n) is 21.0. The number of amides is 3. The second-order valence-electron chi connectivity index (χ2n) is 9.18. The maximum Gasteiger partial charge on any atom is 0.418 e. The Morgan fingerprint density at radius 1 is 1.00 bits per heavy atom. The molecule has 2 heterocycles. The first-order valence-electron chi connectivity index (χ1n) is 12.3. The molecule has 1 atom stereocenters. The Hall–Kier alpha value is -4.74. The van der Waals surface area contributed by atoms with E-state index in [4.69, 9.17) is 14.2 Å². The molecular weight excluding hydrogens is 531 g/mol. The number of ether oxygens (including phenoxy) is 3. The molecule has 0 aliphatic carbocycles. The summed E-state index contributed by atoms with van der Waals surface area (Å²) in [6.45, 7) is 0.127. The van der Waals surface area contributed by atoms with Gasteiger partial charge in [0.2, 0.25) is 18.6 Å². The molecular formula is C28H24F3N3O6. The quantitative estimate of drug-likeness (QED) is 0.433. The van der Waals surface area contributed by atoms with Crippen molar-refractivity contribution in [2.75, 3.05) is 30.2 Å². The Bertz CT molecular complexity index is 1430. The minimum atomic E-state index is -4.61. The molecule has 2 aliphatic rings. The summed E-state index contributed by atoms with van der Waals surface area (Å²) in [6, 6.07) is 16.3. The van der Waals surface area contributed by atoms with E-state index in [0.717, 1.165) is 17.7 Å². The number of halogens is 3. The number of carbonyl (C=O) groups excluding carboxylic acids is 3. The average molecular weight is 556 g/mol. The van der Waals surface area contributed by atoms with Crippen LogP contribution in [0.5, 0.6) is 17.2 Å². The van der Waals surface area contributed by atoms with Crippen LogP contribution in [0.1, 0.15) is 17.5 Å². The van der Waals surface area contributed by atoms with Crippen molar-refractivity contribution in [2.24, 2.45) is 5.92 Å². The first kappa shape index (κ1) is 26.9. The van der Waals surface area contributed by atoms with E-state index in [2.05, 4.69) is 10.6 Å². The normalized spacial score (nSPS) is 16.1. The van der Waals surface area contributed by atoms with Gasteiger partial charge >= 0.3 is 6.18 Å². The van der Waals surface area contributed by atoms with Crippen molar-refractivity contribution in [3.8, 4) is 17.2 Å². The lowest BCUT2D eigenvalue weighted by Crippen LogP contribution is -2.32. The fraction of sp³-hybridized carbons (Fsp3) is 0.250. The molecule has 3 amide bonds. The SMILES string of the molecule is O=C(COc1ccc(N2C[C@H](C(=O)NCc3ccc4c(c3)OCO4)CC2=O)cc1)Nc1ccccc1C(F)(F)F. The number of hydrogen-bond acceptors (Lipinski definition) is 6. The Labute approximate surface area is 226 Å². The van der Waals surface area contributed by atoms with Gasteiger partial charge in [0.15, 0.2) is 18.1 Å². The number of carbonyl (C=O) groups is 3. The molecule has 40 heavy (non-hydrogen) atoms. The van der Waals surface area contributed by atoms with Crippen molar-refractivity contribution in [3.05, 3.63) is 77.9 Å². The van der Waals surface area contributed by atoms with Gasteiger partial charge in [-0.2, -0.15) is 13.2 Å². The summed E-state index contributed by atoms with van der Waals surface area (Å²) in [6.07, 6.45) is -4.55. The fourth-order valence-electron chi connectivity index (χ4n) is 4.41. The number of benzene rings is 3. The molecule has 3 aromatic rings. The smallest absolute Gasteiger partial charge is 0.418 e. The van der Waals surface area contributed by atoms with E-state index in [-0.39, 0.29) is 49.6 Å². The van der Waals surface area contributed by atoms with Gasteiger partial charge in [-0.25, -0.2) is 0 Å². The highest BCUT2D eigenvalue weighted by Gasteiger charge is 2.35. The van der Waals surface area contributed by atoms with E-state index in [9.17, 15) is 27.6 Å². The molecule has 5 rings (SSSR count). The van der Waals surface area contributed by atoms with Gasteiger partial charge in [0, 0.05) is 25.2 Å². The molecule has 0 radical (unpaired) electrons. The predicted molar refractivity (Wildman–Crippen MR) is 137 cm³/mol. The van der Waals surface area contributed by atoms with Gasteiger partial charge in [-0.1, -0.05) is 18.2 Å². The van der Waals surface area contributed by atoms with Crippen LogP contribution >= 0.6 is 0 Å². The first-order valence-corrected chi connectivity index (χ1v) is 12.3. The van der Waals surface area contributed by atoms with Crippen molar-refractivity contribution in [1.82, 2.24) is 5.32 Å². The number of anilines is 2. The van der Waals surface area contributed by atoms with Gasteiger partial charge in [-0.15, -0.1) is 0 Å². The number of hydrogen-bond donors (Lipinski definition) is 2. The lowest BCUT2D eigenvalue weighted by atomic mass is 10.1. The van der Waals surface area contributed by atoms with Crippen LogP contribution in [0, 0.1) is 5.92 Å². The summed E-state index contributed by atoms with van der Waals surface area (Å²) in [7, 11) is 0. The number of para-hydroxylation sites is 1. The van der Waals surface area contributed by atoms with Crippen LogP contribution in [-0.4, -0.2) is 37.7 Å². The lowest BCUT2D eigenvalue weighted by Gasteiger charge is -2.17. The number of rotatable bonds is 8. The molecule has 0 unspecified atom stereocenters. The molecule has 0 aromatic heterocycles. The number of alkyl halides is 3. The Morgan fingerprint density at radius 2 is 1.75 bits per heavy atom. The van der Waals surface area contributed by atoms with Gasteiger partial charge < -0.3 is 29.7 Å². The van der Waals surface area contributed by atoms with E-state index >= 15 is 0 Å². The molecule has 12 heteroatoms. The summed E-state index contributed by atoms with van der Waals surface area (Å²) < 4.78 is 55.4. The number of nitrogens with zero attached hydrogens (tertiary/aromatic N) is 1. The fourth-order valence-corrected chi connectivity index (χ4v) is 4.41. The molecule has 208 valence electrons. The maximum absolute atomic E-state index is 13.1. The third kappa shape index (κ3) is 6.11. The topological polar surface area (TPSA) is 106 Å². The zero-order valence-corrected chi connectivity index (χ0v) is 21.0. The first-order chi connectivity index (χ1) is 19.2. The van der Waals surface area contributed by atoms with Crippen LogP contribution in [0.4, 0.5) is 24.5 Å². The van der Waals surface area contributed by atoms with E-state index < -0.39 is 30.2 Å². The summed E-state index contributed by atoms with van der Waals surface area (Å²) in [5, 5.41) is 5.07. The summed E-state index contributed by atoms with van der Waals surface area (Å²) >= 11 is 0. The van der Waals surface area contributed by atoms with Crippen molar-refractivity contribution in [1.29, 1.82) is 0 Å². The third-order valence-corrected chi connectivity index (χ3v) is 6.42. The number of fused-ring (bicyclic) bond motifs is 1. The molecule has 0 spiro atoms. The van der Waals surface area contributed by atoms with Gasteiger partial charge in [0.1, 0.15) is 5.75 Å². The van der Waals surface area contributed by atoms with Gasteiger partial charge in [0.25, 0.3) is 5.91 Å². The lowest BCUT2D eigenvalue weighted by molar-refractivity contribution is -0.137. The predicted octanol–water partition coefficient (Wildman–Crippen LogP) is 4.12. The highest BCUT2D eigenvalue weighted by Crippen LogP contribution is 2.35. The van der Waals surface area contributed by atoms with E-state index in [1.165, 1.54) is 29.2 Å². The standard InChI is InChI=1S/C28H24F3N3O6/c29-28(30,31)21-3-1-2-4-22(21)33-25(35)15-38-20-8-6-19(7-9-20)34-14-18(12-26(34)36)27(37)32-13-17-5-10-23-24(11-17)40-16-39-23/h1-11,18H,12-16H2,(H,32,37)(H,33,35)/t18-/m1/s1. The Balaban J connectivity index is 1.11. The molecule has 1 saturated heterocycles. The van der Waals surface area contributed by atoms with Crippen LogP contribution in [0.3, 0.4) is 0 Å². The largest absolute Gasteiger partial charge is 0.484 e. The van der Waals surface area contributed by atoms with E-state index in [0.29, 0.717) is 17.2 Å². The Kier molecular flexibility index (Phi) is 7.50. The van der Waals surface area contributed by atoms with Crippen LogP contribution in [0.25, 0.3) is 0 Å². The second-order valence-corrected chi connectivity index (χ2v) is 9.18. The van der Waals surface area contributed by atoms with Crippen LogP contribution in [0.2, 0.25) is 0 Å². The van der Waals surface area contributed by atoms with Crippen molar-refractivity contribution >= 4 is 29.1 Å². The molecule has 0 saturated carbocycles. The summed E-state index contributed by atoms with van der Waals surface area (Å²) in [4.78, 5) is 39.0. The molecule has 0 bridgehead atoms. The van der Waals surface area contributed by atoms with Crippen molar-refractivity contribution in [2.45, 2.75) is 19.1 Å². The molecule has 3 aromatic carbocycles. The van der Waals surface area contributed by atoms with Crippen LogP contribution in [-0.2, 0) is 27.1 Å². The minimum absolute atomic E-state index is 0.0603. The molecule has 2 N–H and O–H groups in total. The maximum atomic E-state index is 13.1. The monoisotopic (exact) mass is 555 g/mol. The molecule has 2 aliphatic heterocycles. The van der Waals surface area contributed by atoms with Crippen molar-refractivity contribution < 1.29 is 41.8 Å². The minimum Gasteiger partial charge on any atom is -0.484 e. The Morgan fingerprint density at radius 3 is 2.52 bits per heavy atom. The second kappa shape index (κ2) is 11.2. The third-order valence-electron chi connectivity index (χ3n) is 6.42. The molecule has 1 fully saturated rings.